The van der Waals surface area contributed by atoms with E-state index in [9.17, 15) is 4.79 Å². The summed E-state index contributed by atoms with van der Waals surface area (Å²) in [6.45, 7) is 1.88. The van der Waals surface area contributed by atoms with Crippen molar-refractivity contribution < 1.29 is 0 Å². The second-order valence-electron chi connectivity index (χ2n) is 6.78. The molecule has 0 bridgehead atoms. The predicted molar refractivity (Wildman–Crippen MR) is 123 cm³/mol. The van der Waals surface area contributed by atoms with Gasteiger partial charge in [-0.1, -0.05) is 53.2 Å². The van der Waals surface area contributed by atoms with Gasteiger partial charge >= 0.3 is 0 Å². The van der Waals surface area contributed by atoms with Gasteiger partial charge in [-0.3, -0.25) is 9.36 Å². The first-order valence-electron chi connectivity index (χ1n) is 9.27. The molecule has 2 aromatic carbocycles. The lowest BCUT2D eigenvalue weighted by molar-refractivity contribution is 0.882. The van der Waals surface area contributed by atoms with E-state index >= 15 is 0 Å². The smallest absolute Gasteiger partial charge is 0.266 e. The molecule has 3 heterocycles. The number of nitrogens with zero attached hydrogens (tertiary/aromatic N) is 5. The van der Waals surface area contributed by atoms with Crippen LogP contribution in [0.1, 0.15) is 11.4 Å². The summed E-state index contributed by atoms with van der Waals surface area (Å²) in [6.07, 6.45) is 3.04. The maximum absolute atomic E-state index is 13.6. The zero-order valence-electron chi connectivity index (χ0n) is 16.1. The van der Waals surface area contributed by atoms with Crippen LogP contribution in [-0.4, -0.2) is 29.5 Å². The number of H-pyrrole nitrogens is 1. The van der Waals surface area contributed by atoms with Crippen LogP contribution in [0, 0.1) is 6.92 Å². The topological polar surface area (TPSA) is 89.3 Å². The van der Waals surface area contributed by atoms with E-state index in [0.29, 0.717) is 54.4 Å². The molecule has 0 atom stereocenters. The van der Waals surface area contributed by atoms with Gasteiger partial charge in [0.25, 0.3) is 5.56 Å². The van der Waals surface area contributed by atoms with Crippen molar-refractivity contribution in [1.29, 1.82) is 0 Å². The zero-order chi connectivity index (χ0) is 21.5. The third kappa shape index (κ3) is 3.46. The molecular formula is C21H14Cl2N6OS. The van der Waals surface area contributed by atoms with Crippen LogP contribution in [-0.2, 0) is 5.75 Å². The maximum Gasteiger partial charge on any atom is 0.266 e. The normalized spacial score (nSPS) is 11.5. The van der Waals surface area contributed by atoms with Gasteiger partial charge in [0, 0.05) is 0 Å². The standard InChI is InChI=1S/C21H14Cl2N6OS/c1-11-4-2-7-14-16(11)21(30)29(18-12(22)5-3-6-13(18)23)15(28-14)8-31-20-17-19(25-9-24-17)26-10-27-20/h2-7,9-10H,8H2,1H3,(H,24,25,26,27). The minimum Gasteiger partial charge on any atom is -0.329 e. The monoisotopic (exact) mass is 468 g/mol. The van der Waals surface area contributed by atoms with E-state index in [1.807, 2.05) is 25.1 Å². The van der Waals surface area contributed by atoms with Crippen molar-refractivity contribution in [2.24, 2.45) is 0 Å². The SMILES string of the molecule is Cc1cccc2nc(CSc3ncnc4[nH]cnc34)n(-c3c(Cl)cccc3Cl)c(=O)c12. The summed E-state index contributed by atoms with van der Waals surface area (Å²) >= 11 is 14.3. The quantitative estimate of drug-likeness (QED) is 0.296. The molecule has 1 N–H and O–H groups in total. The van der Waals surface area contributed by atoms with Gasteiger partial charge in [-0.25, -0.2) is 19.9 Å². The first-order valence-corrected chi connectivity index (χ1v) is 11.0. The second kappa shape index (κ2) is 7.96. The van der Waals surface area contributed by atoms with Gasteiger partial charge in [-0.05, 0) is 30.7 Å². The summed E-state index contributed by atoms with van der Waals surface area (Å²) in [5.41, 5.74) is 2.95. The average Bonchev–Trinajstić information content (AvgIpc) is 3.23. The molecule has 5 aromatic rings. The van der Waals surface area contributed by atoms with E-state index in [1.165, 1.54) is 22.7 Å². The van der Waals surface area contributed by atoms with E-state index < -0.39 is 0 Å². The number of halogens is 2. The number of rotatable bonds is 4. The lowest BCUT2D eigenvalue weighted by atomic mass is 10.1. The summed E-state index contributed by atoms with van der Waals surface area (Å²) in [7, 11) is 0. The molecule has 0 unspecified atom stereocenters. The number of aromatic nitrogens is 6. The van der Waals surface area contributed by atoms with Crippen molar-refractivity contribution in [3.63, 3.8) is 0 Å². The highest BCUT2D eigenvalue weighted by Crippen LogP contribution is 2.31. The summed E-state index contributed by atoms with van der Waals surface area (Å²) in [6, 6.07) is 10.7. The Labute approximate surface area is 190 Å². The van der Waals surface area contributed by atoms with Gasteiger partial charge in [-0.2, -0.15) is 0 Å². The molecule has 0 aliphatic rings. The molecular weight excluding hydrogens is 455 g/mol. The number of aromatic amines is 1. The maximum atomic E-state index is 13.6. The largest absolute Gasteiger partial charge is 0.329 e. The van der Waals surface area contributed by atoms with Crippen LogP contribution in [0.25, 0.3) is 27.8 Å². The van der Waals surface area contributed by atoms with Crippen molar-refractivity contribution in [3.05, 3.63) is 80.8 Å². The van der Waals surface area contributed by atoms with Crippen molar-refractivity contribution >= 4 is 57.0 Å². The van der Waals surface area contributed by atoms with Gasteiger partial charge in [0.2, 0.25) is 0 Å². The molecule has 3 aromatic heterocycles. The van der Waals surface area contributed by atoms with Crippen molar-refractivity contribution in [3.8, 4) is 5.69 Å². The van der Waals surface area contributed by atoms with Crippen molar-refractivity contribution in [2.75, 3.05) is 0 Å². The highest BCUT2D eigenvalue weighted by Gasteiger charge is 2.19. The Morgan fingerprint density at radius 2 is 1.84 bits per heavy atom. The number of para-hydroxylation sites is 1. The fourth-order valence-electron chi connectivity index (χ4n) is 3.45. The number of aryl methyl sites for hydroxylation is 1. The Morgan fingerprint density at radius 1 is 1.06 bits per heavy atom. The minimum absolute atomic E-state index is 0.221. The minimum atomic E-state index is -0.221. The van der Waals surface area contributed by atoms with Gasteiger partial charge < -0.3 is 4.98 Å². The van der Waals surface area contributed by atoms with Crippen LogP contribution in [0.2, 0.25) is 10.0 Å². The molecule has 0 amide bonds. The third-order valence-electron chi connectivity index (χ3n) is 4.86. The van der Waals surface area contributed by atoms with E-state index in [0.717, 1.165) is 5.56 Å². The Morgan fingerprint density at radius 3 is 2.65 bits per heavy atom. The van der Waals surface area contributed by atoms with E-state index in [4.69, 9.17) is 28.2 Å². The molecule has 154 valence electrons. The summed E-state index contributed by atoms with van der Waals surface area (Å²) in [4.78, 5) is 34.2. The molecule has 0 spiro atoms. The van der Waals surface area contributed by atoms with E-state index in [-0.39, 0.29) is 5.56 Å². The lowest BCUT2D eigenvalue weighted by Gasteiger charge is -2.16. The molecule has 10 heteroatoms. The van der Waals surface area contributed by atoms with Crippen LogP contribution in [0.15, 0.2) is 58.9 Å². The summed E-state index contributed by atoms with van der Waals surface area (Å²) in [5.74, 6) is 0.852. The zero-order valence-corrected chi connectivity index (χ0v) is 18.5. The number of hydrogen-bond donors (Lipinski definition) is 1. The molecule has 7 nitrogen and oxygen atoms in total. The Kier molecular flexibility index (Phi) is 5.13. The van der Waals surface area contributed by atoms with Crippen molar-refractivity contribution in [2.45, 2.75) is 17.7 Å². The van der Waals surface area contributed by atoms with Gasteiger partial charge in [0.05, 0.1) is 38.7 Å². The molecule has 0 saturated carbocycles. The van der Waals surface area contributed by atoms with Crippen LogP contribution >= 0.6 is 35.0 Å². The number of fused-ring (bicyclic) bond motifs is 2. The number of imidazole rings is 1. The first kappa shape index (κ1) is 20.0. The van der Waals surface area contributed by atoms with E-state index in [2.05, 4.69) is 19.9 Å². The number of hydrogen-bond acceptors (Lipinski definition) is 6. The number of benzene rings is 2. The van der Waals surface area contributed by atoms with E-state index in [1.54, 1.807) is 24.5 Å². The Balaban J connectivity index is 1.71. The number of nitrogens with one attached hydrogen (secondary N) is 1. The van der Waals surface area contributed by atoms with Gasteiger partial charge in [0.15, 0.2) is 5.65 Å². The van der Waals surface area contributed by atoms with Crippen molar-refractivity contribution in [1.82, 2.24) is 29.5 Å². The fraction of sp³-hybridized carbons (Fsp3) is 0.0952. The highest BCUT2D eigenvalue weighted by atomic mass is 35.5. The first-order chi connectivity index (χ1) is 15.0. The van der Waals surface area contributed by atoms with Crippen LogP contribution in [0.5, 0.6) is 0 Å². The number of thioether (sulfide) groups is 1. The van der Waals surface area contributed by atoms with Crippen LogP contribution in [0.4, 0.5) is 0 Å². The molecule has 31 heavy (non-hydrogen) atoms. The Bertz CT molecular complexity index is 1490. The van der Waals surface area contributed by atoms with Gasteiger partial charge in [-0.15, -0.1) is 0 Å². The average molecular weight is 469 g/mol. The molecule has 0 aliphatic carbocycles. The molecule has 5 rings (SSSR count). The molecule has 0 saturated heterocycles. The van der Waals surface area contributed by atoms with Crippen LogP contribution in [0.3, 0.4) is 0 Å². The fourth-order valence-corrected chi connectivity index (χ4v) is 4.89. The van der Waals surface area contributed by atoms with Crippen LogP contribution < -0.4 is 5.56 Å². The predicted octanol–water partition coefficient (Wildman–Crippen LogP) is 4.96. The third-order valence-corrected chi connectivity index (χ3v) is 6.44. The molecule has 0 aliphatic heterocycles. The summed E-state index contributed by atoms with van der Waals surface area (Å²) in [5, 5.41) is 1.95. The second-order valence-corrected chi connectivity index (χ2v) is 8.55. The Hall–Kier alpha value is -2.94. The molecule has 0 fully saturated rings. The highest BCUT2D eigenvalue weighted by molar-refractivity contribution is 7.98. The van der Waals surface area contributed by atoms with Gasteiger partial charge in [0.1, 0.15) is 22.7 Å². The lowest BCUT2D eigenvalue weighted by Crippen LogP contribution is -2.25. The molecule has 0 radical (unpaired) electrons. The summed E-state index contributed by atoms with van der Waals surface area (Å²) < 4.78 is 1.50.